The van der Waals surface area contributed by atoms with Crippen LogP contribution in [0.25, 0.3) is 22.3 Å². The molecule has 0 saturated carbocycles. The normalized spacial score (nSPS) is 12.3. The Balaban J connectivity index is 0.000000317. The standard InChI is InChI=1S/C24H38O6Si2.C18H26O6Si2/c1-7-25-31(26-8-2,27-9-3)23-17-13-21(14-18-23)22-15-19-24(20-16-22)32(28-10-4,29-11-5)30-12-6;1-19-25(20-2,21-3)17-11-7-15(8-12-17)16-9-13-18(14-10-16)26(22-4,23-5)24-6/h13-20H,7-12H2,1-6H3;7-14H,1-6H3. The van der Waals surface area contributed by atoms with Crippen LogP contribution in [0.3, 0.4) is 0 Å². The SMILES string of the molecule is CCO[Si](OCC)(OCC)c1ccc(-c2ccc([Si](OCC)(OCC)OCC)cc2)cc1.CO[Si](OC)(OC)c1ccc(-c2ccc([Si](OC)(OC)OC)cc2)cc1. The van der Waals surface area contributed by atoms with Gasteiger partial charge in [-0.05, 0) is 63.8 Å². The molecule has 0 atom stereocenters. The molecule has 4 rings (SSSR count). The molecular weight excluding hydrogens is 809 g/mol. The van der Waals surface area contributed by atoms with E-state index in [9.17, 15) is 0 Å². The number of hydrogen-bond donors (Lipinski definition) is 0. The number of benzene rings is 4. The lowest BCUT2D eigenvalue weighted by molar-refractivity contribution is 0.0851. The minimum Gasteiger partial charge on any atom is -0.373 e. The highest BCUT2D eigenvalue weighted by molar-refractivity contribution is 6.76. The molecule has 0 radical (unpaired) electrons. The van der Waals surface area contributed by atoms with Crippen LogP contribution in [0.1, 0.15) is 41.5 Å². The summed E-state index contributed by atoms with van der Waals surface area (Å²) in [5.74, 6) is 0. The highest BCUT2D eigenvalue weighted by Gasteiger charge is 2.45. The fourth-order valence-corrected chi connectivity index (χ4v) is 15.1. The van der Waals surface area contributed by atoms with E-state index in [-0.39, 0.29) is 0 Å². The maximum Gasteiger partial charge on any atom is 0.537 e. The van der Waals surface area contributed by atoms with E-state index in [2.05, 4.69) is 48.5 Å². The number of hydrogen-bond acceptors (Lipinski definition) is 12. The smallest absolute Gasteiger partial charge is 0.373 e. The van der Waals surface area contributed by atoms with Crippen molar-refractivity contribution in [3.8, 4) is 22.3 Å². The average Bonchev–Trinajstić information content (AvgIpc) is 3.27. The van der Waals surface area contributed by atoms with Crippen molar-refractivity contribution in [1.82, 2.24) is 0 Å². The van der Waals surface area contributed by atoms with Gasteiger partial charge in [0.05, 0.1) is 0 Å². The first-order valence-electron chi connectivity index (χ1n) is 19.7. The predicted octanol–water partition coefficient (Wildman–Crippen LogP) is 5.39. The van der Waals surface area contributed by atoms with Crippen molar-refractivity contribution in [3.63, 3.8) is 0 Å². The maximum absolute atomic E-state index is 6.02. The number of rotatable bonds is 24. The molecule has 58 heavy (non-hydrogen) atoms. The van der Waals surface area contributed by atoms with Crippen LogP contribution in [0.15, 0.2) is 97.1 Å². The average molecular weight is 873 g/mol. The van der Waals surface area contributed by atoms with Crippen LogP contribution in [0.5, 0.6) is 0 Å². The van der Waals surface area contributed by atoms with Crippen LogP contribution in [-0.4, -0.2) is 118 Å². The van der Waals surface area contributed by atoms with Crippen LogP contribution in [0.2, 0.25) is 0 Å². The summed E-state index contributed by atoms with van der Waals surface area (Å²) in [6.07, 6.45) is 0. The Morgan fingerprint density at radius 1 is 0.259 bits per heavy atom. The first kappa shape index (κ1) is 49.6. The van der Waals surface area contributed by atoms with Gasteiger partial charge >= 0.3 is 35.2 Å². The second-order valence-corrected chi connectivity index (χ2v) is 23.3. The Hall–Kier alpha value is -2.73. The summed E-state index contributed by atoms with van der Waals surface area (Å²) in [6, 6.07) is 32.6. The van der Waals surface area contributed by atoms with Gasteiger partial charge in [-0.15, -0.1) is 0 Å². The molecular formula is C42H64O12Si4. The Labute approximate surface area is 351 Å². The van der Waals surface area contributed by atoms with Gasteiger partial charge in [-0.1, -0.05) is 97.1 Å². The summed E-state index contributed by atoms with van der Waals surface area (Å²) < 4.78 is 69.2. The molecule has 0 amide bonds. The molecule has 0 fully saturated rings. The molecule has 0 saturated heterocycles. The van der Waals surface area contributed by atoms with Gasteiger partial charge in [0.2, 0.25) is 0 Å². The van der Waals surface area contributed by atoms with Crippen molar-refractivity contribution in [2.45, 2.75) is 41.5 Å². The van der Waals surface area contributed by atoms with Gasteiger partial charge < -0.3 is 53.1 Å². The van der Waals surface area contributed by atoms with Crippen molar-refractivity contribution in [1.29, 1.82) is 0 Å². The second-order valence-electron chi connectivity index (χ2n) is 12.4. The van der Waals surface area contributed by atoms with E-state index in [0.29, 0.717) is 39.6 Å². The predicted molar refractivity (Wildman–Crippen MR) is 237 cm³/mol. The molecule has 4 aromatic rings. The lowest BCUT2D eigenvalue weighted by atomic mass is 10.1. The van der Waals surface area contributed by atoms with Gasteiger partial charge in [-0.25, -0.2) is 0 Å². The van der Waals surface area contributed by atoms with Crippen molar-refractivity contribution < 1.29 is 53.1 Å². The van der Waals surface area contributed by atoms with Crippen molar-refractivity contribution in [2.24, 2.45) is 0 Å². The molecule has 4 aromatic carbocycles. The van der Waals surface area contributed by atoms with Crippen LogP contribution >= 0.6 is 0 Å². The zero-order valence-electron chi connectivity index (χ0n) is 36.4. The molecule has 0 aliphatic heterocycles. The summed E-state index contributed by atoms with van der Waals surface area (Å²) in [7, 11) is -1.82. The Morgan fingerprint density at radius 2 is 0.414 bits per heavy atom. The molecule has 0 N–H and O–H groups in total. The molecule has 0 aliphatic rings. The largest absolute Gasteiger partial charge is 0.537 e. The molecule has 0 aliphatic carbocycles. The third-order valence-electron chi connectivity index (χ3n) is 9.24. The van der Waals surface area contributed by atoms with E-state index in [4.69, 9.17) is 53.1 Å². The summed E-state index contributed by atoms with van der Waals surface area (Å²) in [4.78, 5) is 0. The van der Waals surface area contributed by atoms with Gasteiger partial charge in [0.1, 0.15) is 0 Å². The Morgan fingerprint density at radius 3 is 0.552 bits per heavy atom. The summed E-state index contributed by atoms with van der Waals surface area (Å²) >= 11 is 0. The van der Waals surface area contributed by atoms with Gasteiger partial charge in [0.25, 0.3) is 0 Å². The van der Waals surface area contributed by atoms with Gasteiger partial charge in [-0.3, -0.25) is 0 Å². The maximum atomic E-state index is 6.02. The zero-order valence-corrected chi connectivity index (χ0v) is 40.4. The van der Waals surface area contributed by atoms with Crippen LogP contribution in [-0.2, 0) is 53.1 Å². The molecule has 0 heterocycles. The lowest BCUT2D eigenvalue weighted by Gasteiger charge is -2.29. The van der Waals surface area contributed by atoms with E-state index < -0.39 is 35.2 Å². The quantitative estimate of drug-likeness (QED) is 0.0843. The van der Waals surface area contributed by atoms with Crippen LogP contribution in [0.4, 0.5) is 0 Å². The summed E-state index contributed by atoms with van der Waals surface area (Å²) in [6.45, 7) is 15.0. The highest BCUT2D eigenvalue weighted by Crippen LogP contribution is 2.22. The molecule has 0 spiro atoms. The first-order chi connectivity index (χ1) is 28.1. The van der Waals surface area contributed by atoms with Crippen molar-refractivity contribution in [2.75, 3.05) is 82.3 Å². The minimum absolute atomic E-state index is 0.542. The lowest BCUT2D eigenvalue weighted by Crippen LogP contribution is -2.57. The Bertz CT molecular complexity index is 1540. The van der Waals surface area contributed by atoms with E-state index >= 15 is 0 Å². The fraction of sp³-hybridized carbons (Fsp3) is 0.429. The fourth-order valence-electron chi connectivity index (χ4n) is 6.56. The van der Waals surface area contributed by atoms with Gasteiger partial charge in [0.15, 0.2) is 0 Å². The van der Waals surface area contributed by atoms with Gasteiger partial charge in [0, 0.05) is 103 Å². The summed E-state index contributed by atoms with van der Waals surface area (Å²) in [5.41, 5.74) is 4.35. The van der Waals surface area contributed by atoms with Crippen LogP contribution in [0, 0.1) is 0 Å². The third kappa shape index (κ3) is 11.8. The molecule has 12 nitrogen and oxygen atoms in total. The monoisotopic (exact) mass is 872 g/mol. The minimum atomic E-state index is -2.90. The first-order valence-corrected chi connectivity index (χ1v) is 26.6. The van der Waals surface area contributed by atoms with E-state index in [1.165, 1.54) is 0 Å². The topological polar surface area (TPSA) is 111 Å². The molecule has 320 valence electrons. The highest BCUT2D eigenvalue weighted by atomic mass is 28.4. The second kappa shape index (κ2) is 24.5. The third-order valence-corrected chi connectivity index (χ3v) is 20.6. The zero-order chi connectivity index (χ0) is 42.7. The van der Waals surface area contributed by atoms with Crippen molar-refractivity contribution >= 4 is 56.0 Å². The summed E-state index contributed by atoms with van der Waals surface area (Å²) in [5, 5.41) is 3.77. The molecule has 0 bridgehead atoms. The molecule has 0 aromatic heterocycles. The van der Waals surface area contributed by atoms with Crippen LogP contribution < -0.4 is 20.7 Å². The molecule has 0 unspecified atom stereocenters. The van der Waals surface area contributed by atoms with E-state index in [0.717, 1.165) is 43.0 Å². The van der Waals surface area contributed by atoms with E-state index in [1.54, 1.807) is 42.7 Å². The Kier molecular flexibility index (Phi) is 21.0. The van der Waals surface area contributed by atoms with E-state index in [1.807, 2.05) is 90.1 Å². The van der Waals surface area contributed by atoms with Gasteiger partial charge in [-0.2, -0.15) is 0 Å². The molecule has 16 heteroatoms. The van der Waals surface area contributed by atoms with Crippen molar-refractivity contribution in [3.05, 3.63) is 97.1 Å².